The van der Waals surface area contributed by atoms with E-state index in [9.17, 15) is 0 Å². The molecule has 0 spiro atoms. The number of aromatic nitrogens is 6. The lowest BCUT2D eigenvalue weighted by molar-refractivity contribution is 0.708. The molecule has 4 aromatic rings. The van der Waals surface area contributed by atoms with Crippen LogP contribution in [0.2, 0.25) is 0 Å². The van der Waals surface area contributed by atoms with Crippen LogP contribution in [0.25, 0.3) is 16.7 Å². The van der Waals surface area contributed by atoms with Crippen LogP contribution in [0.5, 0.6) is 0 Å². The zero-order valence-electron chi connectivity index (χ0n) is 15.7. The predicted molar refractivity (Wildman–Crippen MR) is 102 cm³/mol. The third kappa shape index (κ3) is 2.66. The molecule has 26 heavy (non-hydrogen) atoms. The first-order chi connectivity index (χ1) is 12.6. The standard InChI is InChI=1S/C20H24N6/c1-5-13(2)17-11-23-26-15(6-8-21-19(17)26)10-14(3)18-12-25(4)20-16(18)7-9-22-24-20/h6-9,11-14H,5,10H2,1-4H3. The highest BCUT2D eigenvalue weighted by atomic mass is 15.3. The molecule has 0 N–H and O–H groups in total. The molecule has 0 aliphatic rings. The fraction of sp³-hybridized carbons (Fsp3) is 0.400. The van der Waals surface area contributed by atoms with Gasteiger partial charge in [0.05, 0.1) is 12.4 Å². The smallest absolute Gasteiger partial charge is 0.162 e. The largest absolute Gasteiger partial charge is 0.334 e. The van der Waals surface area contributed by atoms with Gasteiger partial charge < -0.3 is 4.57 Å². The minimum atomic E-state index is 0.338. The Hall–Kier alpha value is -2.76. The Morgan fingerprint density at radius 2 is 1.88 bits per heavy atom. The van der Waals surface area contributed by atoms with Gasteiger partial charge in [-0.1, -0.05) is 20.8 Å². The summed E-state index contributed by atoms with van der Waals surface area (Å²) in [6.45, 7) is 6.68. The van der Waals surface area contributed by atoms with Gasteiger partial charge in [0.15, 0.2) is 11.3 Å². The second kappa shape index (κ2) is 6.52. The Balaban J connectivity index is 1.72. The van der Waals surface area contributed by atoms with Crippen molar-refractivity contribution in [1.29, 1.82) is 0 Å². The van der Waals surface area contributed by atoms with E-state index < -0.39 is 0 Å². The first-order valence-corrected chi connectivity index (χ1v) is 9.18. The maximum Gasteiger partial charge on any atom is 0.162 e. The first kappa shape index (κ1) is 16.7. The van der Waals surface area contributed by atoms with Gasteiger partial charge in [-0.15, -0.1) is 5.10 Å². The van der Waals surface area contributed by atoms with Gasteiger partial charge in [0, 0.05) is 36.1 Å². The normalized spacial score (nSPS) is 14.2. The van der Waals surface area contributed by atoms with Crippen molar-refractivity contribution in [2.24, 2.45) is 7.05 Å². The molecule has 4 aromatic heterocycles. The second-order valence-electron chi connectivity index (χ2n) is 7.15. The molecule has 2 atom stereocenters. The third-order valence-corrected chi connectivity index (χ3v) is 5.38. The first-order valence-electron chi connectivity index (χ1n) is 9.18. The number of aryl methyl sites for hydroxylation is 1. The number of nitrogens with zero attached hydrogens (tertiary/aromatic N) is 6. The lowest BCUT2D eigenvalue weighted by atomic mass is 9.96. The van der Waals surface area contributed by atoms with Crippen LogP contribution in [0.3, 0.4) is 0 Å². The van der Waals surface area contributed by atoms with Crippen molar-refractivity contribution in [2.75, 3.05) is 0 Å². The molecule has 0 aliphatic heterocycles. The summed E-state index contributed by atoms with van der Waals surface area (Å²) < 4.78 is 4.05. The molecule has 0 fully saturated rings. The molecule has 0 amide bonds. The summed E-state index contributed by atoms with van der Waals surface area (Å²) in [6.07, 6.45) is 9.77. The van der Waals surface area contributed by atoms with Crippen LogP contribution in [0, 0.1) is 0 Å². The molecule has 0 aliphatic carbocycles. The average molecular weight is 348 g/mol. The summed E-state index contributed by atoms with van der Waals surface area (Å²) in [5.74, 6) is 0.800. The molecule has 6 heteroatoms. The maximum absolute atomic E-state index is 4.63. The number of rotatable bonds is 5. The van der Waals surface area contributed by atoms with Gasteiger partial charge in [-0.2, -0.15) is 10.2 Å². The highest BCUT2D eigenvalue weighted by Gasteiger charge is 2.18. The van der Waals surface area contributed by atoms with Gasteiger partial charge >= 0.3 is 0 Å². The minimum absolute atomic E-state index is 0.338. The molecule has 4 rings (SSSR count). The minimum Gasteiger partial charge on any atom is -0.334 e. The van der Waals surface area contributed by atoms with Crippen molar-refractivity contribution in [2.45, 2.75) is 45.4 Å². The second-order valence-corrected chi connectivity index (χ2v) is 7.15. The van der Waals surface area contributed by atoms with E-state index in [4.69, 9.17) is 0 Å². The molecule has 4 heterocycles. The maximum atomic E-state index is 4.63. The van der Waals surface area contributed by atoms with Crippen LogP contribution in [-0.4, -0.2) is 29.4 Å². The van der Waals surface area contributed by atoms with Gasteiger partial charge in [-0.3, -0.25) is 0 Å². The van der Waals surface area contributed by atoms with E-state index in [0.717, 1.165) is 24.1 Å². The van der Waals surface area contributed by atoms with Gasteiger partial charge in [0.1, 0.15) is 0 Å². The van der Waals surface area contributed by atoms with Gasteiger partial charge in [0.2, 0.25) is 0 Å². The molecular formula is C20H24N6. The van der Waals surface area contributed by atoms with Crippen molar-refractivity contribution >= 4 is 16.7 Å². The summed E-state index contributed by atoms with van der Waals surface area (Å²) >= 11 is 0. The highest BCUT2D eigenvalue weighted by molar-refractivity contribution is 5.80. The lowest BCUT2D eigenvalue weighted by Gasteiger charge is -2.12. The molecular weight excluding hydrogens is 324 g/mol. The van der Waals surface area contributed by atoms with Crippen LogP contribution in [0.1, 0.15) is 55.8 Å². The summed E-state index contributed by atoms with van der Waals surface area (Å²) in [7, 11) is 2.02. The van der Waals surface area contributed by atoms with Crippen LogP contribution in [-0.2, 0) is 13.5 Å². The van der Waals surface area contributed by atoms with Crippen LogP contribution >= 0.6 is 0 Å². The molecule has 0 aromatic carbocycles. The Morgan fingerprint density at radius 1 is 1.04 bits per heavy atom. The number of fused-ring (bicyclic) bond motifs is 2. The van der Waals surface area contributed by atoms with E-state index in [1.165, 1.54) is 22.2 Å². The third-order valence-electron chi connectivity index (χ3n) is 5.38. The van der Waals surface area contributed by atoms with Crippen molar-refractivity contribution in [1.82, 2.24) is 29.4 Å². The molecule has 6 nitrogen and oxygen atoms in total. The van der Waals surface area contributed by atoms with Gasteiger partial charge in [-0.25, -0.2) is 9.50 Å². The fourth-order valence-electron chi connectivity index (χ4n) is 3.65. The Labute approximate surface area is 152 Å². The Morgan fingerprint density at radius 3 is 2.69 bits per heavy atom. The zero-order chi connectivity index (χ0) is 18.3. The van der Waals surface area contributed by atoms with E-state index in [-0.39, 0.29) is 0 Å². The average Bonchev–Trinajstić information content (AvgIpc) is 3.24. The van der Waals surface area contributed by atoms with Gasteiger partial charge in [0.25, 0.3) is 0 Å². The highest BCUT2D eigenvalue weighted by Crippen LogP contribution is 2.29. The summed E-state index contributed by atoms with van der Waals surface area (Å²) in [5, 5.41) is 14.1. The molecule has 0 radical (unpaired) electrons. The Kier molecular flexibility index (Phi) is 4.18. The summed E-state index contributed by atoms with van der Waals surface area (Å²) in [5.41, 5.74) is 5.59. The quantitative estimate of drug-likeness (QED) is 0.549. The Bertz CT molecular complexity index is 1060. The zero-order valence-corrected chi connectivity index (χ0v) is 15.7. The van der Waals surface area contributed by atoms with Crippen molar-refractivity contribution < 1.29 is 0 Å². The van der Waals surface area contributed by atoms with Crippen LogP contribution in [0.4, 0.5) is 0 Å². The van der Waals surface area contributed by atoms with Crippen molar-refractivity contribution in [3.8, 4) is 0 Å². The summed E-state index contributed by atoms with van der Waals surface area (Å²) in [6, 6.07) is 4.12. The molecule has 0 saturated heterocycles. The number of hydrogen-bond donors (Lipinski definition) is 0. The van der Waals surface area contributed by atoms with Gasteiger partial charge in [-0.05, 0) is 42.4 Å². The SMILES string of the molecule is CCC(C)c1cnn2c(CC(C)c3cn(C)c4nnccc34)ccnc12. The van der Waals surface area contributed by atoms with E-state index in [1.54, 1.807) is 6.20 Å². The lowest BCUT2D eigenvalue weighted by Crippen LogP contribution is -2.06. The molecule has 0 saturated carbocycles. The topological polar surface area (TPSA) is 60.9 Å². The monoisotopic (exact) mass is 348 g/mol. The molecule has 134 valence electrons. The van der Waals surface area contributed by atoms with E-state index >= 15 is 0 Å². The van der Waals surface area contributed by atoms with Crippen molar-refractivity contribution in [3.63, 3.8) is 0 Å². The molecule has 2 unspecified atom stereocenters. The fourth-order valence-corrected chi connectivity index (χ4v) is 3.65. The predicted octanol–water partition coefficient (Wildman–Crippen LogP) is 3.87. The van der Waals surface area contributed by atoms with E-state index in [0.29, 0.717) is 11.8 Å². The summed E-state index contributed by atoms with van der Waals surface area (Å²) in [4.78, 5) is 4.58. The van der Waals surface area contributed by atoms with Crippen LogP contribution < -0.4 is 0 Å². The molecule has 0 bridgehead atoms. The van der Waals surface area contributed by atoms with E-state index in [2.05, 4.69) is 53.3 Å². The number of hydrogen-bond acceptors (Lipinski definition) is 4. The van der Waals surface area contributed by atoms with Crippen molar-refractivity contribution in [3.05, 3.63) is 53.7 Å². The van der Waals surface area contributed by atoms with Crippen LogP contribution in [0.15, 0.2) is 36.9 Å². The van der Waals surface area contributed by atoms with E-state index in [1.807, 2.05) is 34.6 Å².